The second-order valence-electron chi connectivity index (χ2n) is 4.20. The normalized spacial score (nSPS) is 9.15. The van der Waals surface area contributed by atoms with E-state index >= 15 is 0 Å². The van der Waals surface area contributed by atoms with Crippen molar-refractivity contribution >= 4 is 36.5 Å². The topological polar surface area (TPSA) is 41.3 Å². The Bertz CT molecular complexity index is 466. The molecule has 0 aromatic heterocycles. The predicted octanol–water partition coefficient (Wildman–Crippen LogP) is 1.61. The molecule has 2 aromatic carbocycles. The number of hydrogen-bond acceptors (Lipinski definition) is 2. The van der Waals surface area contributed by atoms with Crippen molar-refractivity contribution in [2.24, 2.45) is 5.84 Å². The van der Waals surface area contributed by atoms with Crippen LogP contribution in [-0.2, 0) is 0 Å². The Labute approximate surface area is 127 Å². The first-order chi connectivity index (χ1) is 9.63. The molecule has 0 atom stereocenters. The monoisotopic (exact) mass is 305 g/mol. The molecule has 0 amide bonds. The third kappa shape index (κ3) is 6.62. The summed E-state index contributed by atoms with van der Waals surface area (Å²) in [7, 11) is 4.42. The lowest BCUT2D eigenvalue weighted by molar-refractivity contribution is 0.605. The number of hydrazine groups is 1. The molecule has 0 aliphatic heterocycles. The van der Waals surface area contributed by atoms with Crippen LogP contribution in [0.25, 0.3) is 0 Å². The van der Waals surface area contributed by atoms with E-state index in [2.05, 4.69) is 78.3 Å². The van der Waals surface area contributed by atoms with Crippen molar-refractivity contribution in [2.45, 2.75) is 0 Å². The molecule has 2 rings (SSSR count). The van der Waals surface area contributed by atoms with Gasteiger partial charge in [0.05, 0.1) is 0 Å². The Morgan fingerprint density at radius 1 is 0.950 bits per heavy atom. The van der Waals surface area contributed by atoms with E-state index in [-0.39, 0.29) is 0 Å². The molecule has 0 saturated heterocycles. The molecule has 20 heavy (non-hydrogen) atoms. The van der Waals surface area contributed by atoms with Gasteiger partial charge in [0.25, 0.3) is 0 Å². The van der Waals surface area contributed by atoms with E-state index in [0.29, 0.717) is 5.11 Å². The van der Waals surface area contributed by atoms with Gasteiger partial charge in [-0.1, -0.05) is 69.2 Å². The first-order valence-corrected chi connectivity index (χ1v) is 7.59. The highest BCUT2D eigenvalue weighted by Crippen LogP contribution is 2.08. The smallest absolute Gasteiger partial charge is 0.182 e. The molecule has 0 spiro atoms. The highest BCUT2D eigenvalue weighted by Gasteiger charge is 1.92. The largest absolute Gasteiger partial charge is 0.354 e. The summed E-state index contributed by atoms with van der Waals surface area (Å²) in [5.74, 6) is 4.94. The van der Waals surface area contributed by atoms with E-state index in [1.807, 2.05) is 14.1 Å². The Morgan fingerprint density at radius 3 is 1.60 bits per heavy atom. The molecule has 0 saturated carbocycles. The molecule has 0 aliphatic rings. The molecular weight excluding hydrogens is 285 g/mol. The van der Waals surface area contributed by atoms with Crippen molar-refractivity contribution in [3.05, 3.63) is 60.7 Å². The maximum absolute atomic E-state index is 4.94. The Balaban J connectivity index is 0.000000246. The minimum absolute atomic E-state index is 0.542. The van der Waals surface area contributed by atoms with Gasteiger partial charge in [0.2, 0.25) is 0 Å². The fourth-order valence-corrected chi connectivity index (χ4v) is 2.39. The fraction of sp³-hybridized carbons (Fsp3) is 0.133. The number of nitrogens with zero attached hydrogens (tertiary/aromatic N) is 1. The predicted molar refractivity (Wildman–Crippen MR) is 94.1 cm³/mol. The SMILES string of the molecule is CN(C)C(=S)NN.c1ccc(Pc2ccccc2)cc1. The standard InChI is InChI=1S/C12H11P.C3H9N3S/c1-3-7-11(8-4-1)13-12-9-5-2-6-10-12;1-6(2)3(7)5-4/h1-10,13H;4H2,1-2H3,(H,5,7). The van der Waals surface area contributed by atoms with Crippen LogP contribution in [0.5, 0.6) is 0 Å². The highest BCUT2D eigenvalue weighted by molar-refractivity contribution is 7.80. The van der Waals surface area contributed by atoms with E-state index in [1.165, 1.54) is 10.6 Å². The Kier molecular flexibility index (Phi) is 7.81. The van der Waals surface area contributed by atoms with Crippen LogP contribution in [0.3, 0.4) is 0 Å². The number of benzene rings is 2. The quantitative estimate of drug-likeness (QED) is 0.383. The third-order valence-corrected chi connectivity index (χ3v) is 4.09. The number of hydrogen-bond donors (Lipinski definition) is 2. The van der Waals surface area contributed by atoms with Crippen LogP contribution < -0.4 is 21.9 Å². The molecule has 0 heterocycles. The van der Waals surface area contributed by atoms with E-state index < -0.39 is 0 Å². The second-order valence-corrected chi connectivity index (χ2v) is 5.99. The summed E-state index contributed by atoms with van der Waals surface area (Å²) < 4.78 is 0. The molecule has 0 radical (unpaired) electrons. The number of nitrogens with two attached hydrogens (primary N) is 1. The molecule has 0 fully saturated rings. The zero-order valence-corrected chi connectivity index (χ0v) is 13.5. The van der Waals surface area contributed by atoms with Gasteiger partial charge in [-0.2, -0.15) is 0 Å². The zero-order valence-electron chi connectivity index (χ0n) is 11.7. The molecule has 0 bridgehead atoms. The van der Waals surface area contributed by atoms with Crippen molar-refractivity contribution in [1.29, 1.82) is 0 Å². The van der Waals surface area contributed by atoms with Crippen LogP contribution in [-0.4, -0.2) is 24.1 Å². The molecule has 106 valence electrons. The van der Waals surface area contributed by atoms with Gasteiger partial charge in [-0.05, 0) is 22.8 Å². The summed E-state index contributed by atoms with van der Waals surface area (Å²) in [5, 5.41) is 3.34. The maximum atomic E-state index is 4.94. The fourth-order valence-electron chi connectivity index (χ4n) is 1.34. The third-order valence-electron chi connectivity index (χ3n) is 2.37. The van der Waals surface area contributed by atoms with Crippen LogP contribution >= 0.6 is 20.8 Å². The Hall–Kier alpha value is -1.48. The van der Waals surface area contributed by atoms with Crippen molar-refractivity contribution < 1.29 is 0 Å². The summed E-state index contributed by atoms with van der Waals surface area (Å²) in [4.78, 5) is 1.72. The van der Waals surface area contributed by atoms with Gasteiger partial charge in [-0.3, -0.25) is 0 Å². The number of nitrogens with one attached hydrogen (secondary N) is 1. The number of thiocarbonyl (C=S) groups is 1. The maximum Gasteiger partial charge on any atom is 0.182 e. The van der Waals surface area contributed by atoms with Crippen LogP contribution in [0.1, 0.15) is 0 Å². The van der Waals surface area contributed by atoms with Crippen molar-refractivity contribution in [3.8, 4) is 0 Å². The van der Waals surface area contributed by atoms with Crippen LogP contribution in [0.15, 0.2) is 60.7 Å². The summed E-state index contributed by atoms with van der Waals surface area (Å²) in [6, 6.07) is 21.2. The van der Waals surface area contributed by atoms with E-state index in [4.69, 9.17) is 5.84 Å². The highest BCUT2D eigenvalue weighted by atomic mass is 32.1. The summed E-state index contributed by atoms with van der Waals surface area (Å²) >= 11 is 4.67. The van der Waals surface area contributed by atoms with Gasteiger partial charge in [0.15, 0.2) is 5.11 Å². The molecule has 0 aliphatic carbocycles. The summed E-state index contributed by atoms with van der Waals surface area (Å²) in [6.07, 6.45) is 0. The lowest BCUT2D eigenvalue weighted by Gasteiger charge is -2.10. The van der Waals surface area contributed by atoms with Gasteiger partial charge in [0.1, 0.15) is 0 Å². The molecule has 5 heteroatoms. The molecule has 2 aromatic rings. The number of rotatable bonds is 2. The lowest BCUT2D eigenvalue weighted by atomic mass is 10.4. The molecular formula is C15H20N3PS. The average Bonchev–Trinajstić information content (AvgIpc) is 2.49. The van der Waals surface area contributed by atoms with Crippen molar-refractivity contribution in [3.63, 3.8) is 0 Å². The van der Waals surface area contributed by atoms with Gasteiger partial charge < -0.3 is 10.3 Å². The van der Waals surface area contributed by atoms with E-state index in [1.54, 1.807) is 4.90 Å². The first-order valence-electron chi connectivity index (χ1n) is 6.18. The Morgan fingerprint density at radius 2 is 1.35 bits per heavy atom. The first kappa shape index (κ1) is 16.6. The van der Waals surface area contributed by atoms with Gasteiger partial charge in [-0.25, -0.2) is 5.84 Å². The van der Waals surface area contributed by atoms with Crippen molar-refractivity contribution in [1.82, 2.24) is 10.3 Å². The zero-order chi connectivity index (χ0) is 14.8. The lowest BCUT2D eigenvalue weighted by Crippen LogP contribution is -2.38. The van der Waals surface area contributed by atoms with Crippen LogP contribution in [0.4, 0.5) is 0 Å². The van der Waals surface area contributed by atoms with E-state index in [0.717, 1.165) is 8.58 Å². The van der Waals surface area contributed by atoms with Gasteiger partial charge >= 0.3 is 0 Å². The van der Waals surface area contributed by atoms with Crippen LogP contribution in [0, 0.1) is 0 Å². The minimum Gasteiger partial charge on any atom is -0.354 e. The van der Waals surface area contributed by atoms with Gasteiger partial charge in [0, 0.05) is 14.1 Å². The summed E-state index contributed by atoms with van der Waals surface area (Å²) in [5.41, 5.74) is 2.32. The molecule has 0 unspecified atom stereocenters. The minimum atomic E-state index is 0.542. The van der Waals surface area contributed by atoms with Gasteiger partial charge in [-0.15, -0.1) is 0 Å². The van der Waals surface area contributed by atoms with Crippen molar-refractivity contribution in [2.75, 3.05) is 14.1 Å². The molecule has 3 nitrogen and oxygen atoms in total. The van der Waals surface area contributed by atoms with E-state index in [9.17, 15) is 0 Å². The average molecular weight is 305 g/mol. The second kappa shape index (κ2) is 9.43. The molecule has 3 N–H and O–H groups in total. The van der Waals surface area contributed by atoms with Crippen LogP contribution in [0.2, 0.25) is 0 Å². The summed E-state index contributed by atoms with van der Waals surface area (Å²) in [6.45, 7) is 0.